The zero-order valence-corrected chi connectivity index (χ0v) is 27.4. The first-order chi connectivity index (χ1) is 22.9. The quantitative estimate of drug-likeness (QED) is 0.285. The molecule has 3 aromatic rings. The number of carbonyl (C=O) groups is 2. The monoisotopic (exact) mass is 663 g/mol. The third kappa shape index (κ3) is 6.77. The van der Waals surface area contributed by atoms with Crippen molar-refractivity contribution in [1.29, 1.82) is 0 Å². The summed E-state index contributed by atoms with van der Waals surface area (Å²) in [7, 11) is 0. The molecule has 0 spiro atoms. The van der Waals surface area contributed by atoms with Crippen LogP contribution in [0.1, 0.15) is 50.8 Å². The van der Waals surface area contributed by atoms with Crippen LogP contribution in [0.3, 0.4) is 0 Å². The molecule has 0 unspecified atom stereocenters. The normalized spacial score (nSPS) is 17.3. The van der Waals surface area contributed by atoms with E-state index in [0.717, 1.165) is 6.42 Å². The Kier molecular flexibility index (Phi) is 9.92. The highest BCUT2D eigenvalue weighted by Crippen LogP contribution is 2.39. The maximum Gasteiger partial charge on any atom is 0.338 e. The van der Waals surface area contributed by atoms with Gasteiger partial charge in [-0.3, -0.25) is 14.2 Å². The van der Waals surface area contributed by atoms with Gasteiger partial charge in [0, 0.05) is 13.1 Å². The Morgan fingerprint density at radius 2 is 1.81 bits per heavy atom. The number of hydrogen-bond acceptors (Lipinski definition) is 11. The number of carbonyl (C=O) groups excluding carboxylic acids is 2. The Morgan fingerprint density at radius 1 is 1.00 bits per heavy atom. The van der Waals surface area contributed by atoms with E-state index in [9.17, 15) is 14.4 Å². The van der Waals surface area contributed by atoms with Gasteiger partial charge in [0.05, 0.1) is 48.3 Å². The van der Waals surface area contributed by atoms with E-state index >= 15 is 0 Å². The number of amides is 1. The average Bonchev–Trinajstić information content (AvgIpc) is 3.67. The standard InChI is InChI=1S/C34H37N3O9S/c1-4-7-23-30(33(40)43-6-3)31(22-9-11-25-27(18-22)46-20-45-25)37-32(39)28(47-34(37)35-23)17-21-8-10-24(26(16-21)42-5-2)44-19-29(38)36-12-14-41-15-13-36/h8-11,16-18,31H,4-7,12-15,19-20H2,1-3H3/b28-17+/t31-/m0/s1. The van der Waals surface area contributed by atoms with Gasteiger partial charge in [-0.25, -0.2) is 9.79 Å². The zero-order valence-electron chi connectivity index (χ0n) is 26.6. The summed E-state index contributed by atoms with van der Waals surface area (Å²) < 4.78 is 35.7. The molecule has 47 heavy (non-hydrogen) atoms. The third-order valence-electron chi connectivity index (χ3n) is 7.88. The maximum absolute atomic E-state index is 14.2. The van der Waals surface area contributed by atoms with Crippen LogP contribution < -0.4 is 33.8 Å². The largest absolute Gasteiger partial charge is 0.490 e. The number of nitrogens with zero attached hydrogens (tertiary/aromatic N) is 3. The molecule has 0 N–H and O–H groups in total. The van der Waals surface area contributed by atoms with Gasteiger partial charge in [-0.05, 0) is 61.7 Å². The topological polar surface area (TPSA) is 127 Å². The summed E-state index contributed by atoms with van der Waals surface area (Å²) in [5.74, 6) is 1.39. The van der Waals surface area contributed by atoms with Gasteiger partial charge in [-0.15, -0.1) is 0 Å². The fraction of sp³-hybridized carbons (Fsp3) is 0.412. The van der Waals surface area contributed by atoms with E-state index in [1.54, 1.807) is 52.8 Å². The Morgan fingerprint density at radius 3 is 2.57 bits per heavy atom. The Labute approximate surface area is 275 Å². The Balaban J connectivity index is 1.39. The van der Waals surface area contributed by atoms with Gasteiger partial charge in [-0.1, -0.05) is 36.8 Å². The minimum atomic E-state index is -0.776. The van der Waals surface area contributed by atoms with E-state index in [1.165, 1.54) is 11.3 Å². The van der Waals surface area contributed by atoms with Gasteiger partial charge in [0.2, 0.25) is 6.79 Å². The molecule has 1 saturated heterocycles. The highest BCUT2D eigenvalue weighted by molar-refractivity contribution is 7.07. The lowest BCUT2D eigenvalue weighted by Gasteiger charge is -2.26. The number of aromatic nitrogens is 1. The van der Waals surface area contributed by atoms with E-state index in [0.29, 0.717) is 94.1 Å². The van der Waals surface area contributed by atoms with E-state index in [4.69, 9.17) is 33.4 Å². The number of hydrogen-bond donors (Lipinski definition) is 0. The van der Waals surface area contributed by atoms with Crippen molar-refractivity contribution >= 4 is 29.3 Å². The molecule has 0 saturated carbocycles. The molecule has 2 aromatic carbocycles. The number of benzene rings is 2. The van der Waals surface area contributed by atoms with Crippen LogP contribution in [0.4, 0.5) is 0 Å². The second-order valence-electron chi connectivity index (χ2n) is 10.9. The number of ether oxygens (including phenoxy) is 6. The molecule has 12 nitrogen and oxygen atoms in total. The van der Waals surface area contributed by atoms with Crippen molar-refractivity contribution in [3.8, 4) is 23.0 Å². The van der Waals surface area contributed by atoms with Crippen LogP contribution in [-0.4, -0.2) is 74.3 Å². The molecule has 0 radical (unpaired) electrons. The van der Waals surface area contributed by atoms with Crippen LogP contribution >= 0.6 is 11.3 Å². The van der Waals surface area contributed by atoms with Crippen LogP contribution in [0, 0.1) is 0 Å². The second-order valence-corrected chi connectivity index (χ2v) is 12.0. The number of thiazole rings is 1. The summed E-state index contributed by atoms with van der Waals surface area (Å²) in [6.45, 7) is 8.25. The van der Waals surface area contributed by atoms with Gasteiger partial charge in [0.15, 0.2) is 34.4 Å². The Bertz CT molecular complexity index is 1870. The predicted molar refractivity (Wildman–Crippen MR) is 173 cm³/mol. The van der Waals surface area contributed by atoms with E-state index < -0.39 is 12.0 Å². The second kappa shape index (κ2) is 14.4. The summed E-state index contributed by atoms with van der Waals surface area (Å²) in [5, 5.41) is 0. The van der Waals surface area contributed by atoms with E-state index in [1.807, 2.05) is 19.9 Å². The van der Waals surface area contributed by atoms with Crippen LogP contribution in [0.15, 0.2) is 57.5 Å². The molecule has 13 heteroatoms. The van der Waals surface area contributed by atoms with Gasteiger partial charge >= 0.3 is 5.97 Å². The molecule has 4 heterocycles. The van der Waals surface area contributed by atoms with Gasteiger partial charge in [0.25, 0.3) is 11.5 Å². The highest BCUT2D eigenvalue weighted by atomic mass is 32.1. The van der Waals surface area contributed by atoms with Gasteiger partial charge < -0.3 is 33.3 Å². The summed E-state index contributed by atoms with van der Waals surface area (Å²) in [6.07, 6.45) is 3.05. The van der Waals surface area contributed by atoms with E-state index in [2.05, 4.69) is 0 Å². The number of morpholine rings is 1. The lowest BCUT2D eigenvalue weighted by Crippen LogP contribution is -2.43. The van der Waals surface area contributed by atoms with Crippen molar-refractivity contribution in [2.45, 2.75) is 39.7 Å². The summed E-state index contributed by atoms with van der Waals surface area (Å²) in [5.41, 5.74) is 2.00. The fourth-order valence-electron chi connectivity index (χ4n) is 5.72. The predicted octanol–water partition coefficient (Wildman–Crippen LogP) is 2.94. The summed E-state index contributed by atoms with van der Waals surface area (Å²) in [4.78, 5) is 47.3. The van der Waals surface area contributed by atoms with Crippen LogP contribution in [0.5, 0.6) is 23.0 Å². The van der Waals surface area contributed by atoms with Crippen molar-refractivity contribution in [3.63, 3.8) is 0 Å². The third-order valence-corrected chi connectivity index (χ3v) is 8.87. The number of allylic oxidation sites excluding steroid dienone is 1. The molecule has 1 fully saturated rings. The molecule has 1 aromatic heterocycles. The molecular formula is C34H37N3O9S. The molecule has 3 aliphatic rings. The molecule has 248 valence electrons. The first kappa shape index (κ1) is 32.3. The van der Waals surface area contributed by atoms with Crippen molar-refractivity contribution in [3.05, 3.63) is 78.5 Å². The number of fused-ring (bicyclic) bond motifs is 2. The summed E-state index contributed by atoms with van der Waals surface area (Å²) in [6, 6.07) is 9.95. The smallest absolute Gasteiger partial charge is 0.338 e. The first-order valence-electron chi connectivity index (χ1n) is 15.8. The van der Waals surface area contributed by atoms with Crippen LogP contribution in [-0.2, 0) is 19.1 Å². The summed E-state index contributed by atoms with van der Waals surface area (Å²) >= 11 is 1.24. The lowest BCUT2D eigenvalue weighted by atomic mass is 9.94. The highest BCUT2D eigenvalue weighted by Gasteiger charge is 2.35. The maximum atomic E-state index is 14.2. The van der Waals surface area contributed by atoms with Crippen LogP contribution in [0.2, 0.25) is 0 Å². The number of rotatable bonds is 11. The molecule has 1 atom stereocenters. The molecule has 0 aliphatic carbocycles. The zero-order chi connectivity index (χ0) is 32.9. The first-order valence-corrected chi connectivity index (χ1v) is 16.6. The SMILES string of the molecule is CCCC1=C(C(=O)OCC)[C@H](c2ccc3c(c2)OCO3)n2c(s/c(=C/c3ccc(OCC(=O)N4CCOCC4)c(OCC)c3)c2=O)=N1. The lowest BCUT2D eigenvalue weighted by molar-refractivity contribution is -0.139. The van der Waals surface area contributed by atoms with Crippen LogP contribution in [0.25, 0.3) is 6.08 Å². The fourth-order valence-corrected chi connectivity index (χ4v) is 6.74. The minimum Gasteiger partial charge on any atom is -0.490 e. The van der Waals surface area contributed by atoms with E-state index in [-0.39, 0.29) is 31.5 Å². The minimum absolute atomic E-state index is 0.0982. The molecule has 6 rings (SSSR count). The number of esters is 1. The molecule has 0 bridgehead atoms. The Hall–Kier alpha value is -4.62. The molecule has 1 amide bonds. The molecule has 3 aliphatic heterocycles. The molecular weight excluding hydrogens is 626 g/mol. The van der Waals surface area contributed by atoms with Crippen molar-refractivity contribution in [2.75, 3.05) is 52.9 Å². The van der Waals surface area contributed by atoms with Gasteiger partial charge in [0.1, 0.15) is 0 Å². The van der Waals surface area contributed by atoms with Crippen molar-refractivity contribution in [2.24, 2.45) is 4.99 Å². The average molecular weight is 664 g/mol. The van der Waals surface area contributed by atoms with Crippen molar-refractivity contribution in [1.82, 2.24) is 9.47 Å². The van der Waals surface area contributed by atoms with Crippen molar-refractivity contribution < 1.29 is 38.0 Å². The van der Waals surface area contributed by atoms with Gasteiger partial charge in [-0.2, -0.15) is 0 Å².